The fourth-order valence-electron chi connectivity index (χ4n) is 1.18. The number of nitrogens with zero attached hydrogens (tertiary/aromatic N) is 1. The lowest BCUT2D eigenvalue weighted by atomic mass is 10.2. The van der Waals surface area contributed by atoms with Gasteiger partial charge in [0.2, 0.25) is 0 Å². The van der Waals surface area contributed by atoms with Gasteiger partial charge in [0, 0.05) is 6.54 Å². The SMILES string of the molecule is O=CC1CCCN1CO. The molecule has 3 heteroatoms. The molecule has 9 heavy (non-hydrogen) atoms. The largest absolute Gasteiger partial charge is 0.381 e. The second-order valence-electron chi connectivity index (χ2n) is 2.30. The molecule has 0 aromatic heterocycles. The van der Waals surface area contributed by atoms with Crippen LogP contribution in [-0.2, 0) is 4.79 Å². The summed E-state index contributed by atoms with van der Waals surface area (Å²) in [5.41, 5.74) is 0. The predicted molar refractivity (Wildman–Crippen MR) is 32.9 cm³/mol. The van der Waals surface area contributed by atoms with Crippen molar-refractivity contribution in [3.05, 3.63) is 0 Å². The topological polar surface area (TPSA) is 40.5 Å². The highest BCUT2D eigenvalue weighted by Crippen LogP contribution is 2.13. The van der Waals surface area contributed by atoms with E-state index >= 15 is 0 Å². The Labute approximate surface area is 54.3 Å². The van der Waals surface area contributed by atoms with Crippen molar-refractivity contribution in [1.82, 2.24) is 4.90 Å². The molecule has 1 fully saturated rings. The molecule has 0 spiro atoms. The molecule has 0 aromatic carbocycles. The Bertz CT molecular complexity index is 105. The van der Waals surface area contributed by atoms with Crippen LogP contribution in [0, 0.1) is 0 Å². The van der Waals surface area contributed by atoms with Crippen LogP contribution in [0.2, 0.25) is 0 Å². The summed E-state index contributed by atoms with van der Waals surface area (Å²) in [4.78, 5) is 12.0. The van der Waals surface area contributed by atoms with Gasteiger partial charge in [0.1, 0.15) is 6.29 Å². The van der Waals surface area contributed by atoms with Gasteiger partial charge in [-0.3, -0.25) is 4.90 Å². The summed E-state index contributed by atoms with van der Waals surface area (Å²) in [5, 5.41) is 8.63. The zero-order valence-corrected chi connectivity index (χ0v) is 5.29. The number of aliphatic hydroxyl groups excluding tert-OH is 1. The van der Waals surface area contributed by atoms with Crippen molar-refractivity contribution in [2.75, 3.05) is 13.3 Å². The number of aldehydes is 1. The number of carbonyl (C=O) groups excluding carboxylic acids is 1. The molecular weight excluding hydrogens is 118 g/mol. The Hall–Kier alpha value is -0.410. The van der Waals surface area contributed by atoms with Crippen molar-refractivity contribution in [1.29, 1.82) is 0 Å². The lowest BCUT2D eigenvalue weighted by Crippen LogP contribution is -2.31. The molecule has 1 heterocycles. The van der Waals surface area contributed by atoms with E-state index < -0.39 is 0 Å². The van der Waals surface area contributed by atoms with Crippen LogP contribution >= 0.6 is 0 Å². The normalized spacial score (nSPS) is 28.8. The van der Waals surface area contributed by atoms with Crippen LogP contribution in [-0.4, -0.2) is 35.6 Å². The summed E-state index contributed by atoms with van der Waals surface area (Å²) < 4.78 is 0. The molecule has 1 atom stereocenters. The summed E-state index contributed by atoms with van der Waals surface area (Å²) in [6.07, 6.45) is 2.84. The first kappa shape index (κ1) is 6.71. The van der Waals surface area contributed by atoms with E-state index in [0.717, 1.165) is 25.7 Å². The molecule has 0 saturated carbocycles. The maximum Gasteiger partial charge on any atom is 0.137 e. The van der Waals surface area contributed by atoms with Crippen molar-refractivity contribution in [3.8, 4) is 0 Å². The highest BCUT2D eigenvalue weighted by Gasteiger charge is 2.22. The van der Waals surface area contributed by atoms with E-state index in [0.29, 0.717) is 0 Å². The van der Waals surface area contributed by atoms with E-state index in [1.807, 2.05) is 0 Å². The van der Waals surface area contributed by atoms with Gasteiger partial charge in [0.15, 0.2) is 0 Å². The third-order valence-corrected chi connectivity index (χ3v) is 1.75. The Morgan fingerprint density at radius 2 is 2.56 bits per heavy atom. The van der Waals surface area contributed by atoms with Crippen molar-refractivity contribution >= 4 is 6.29 Å². The van der Waals surface area contributed by atoms with Crippen molar-refractivity contribution in [2.45, 2.75) is 18.9 Å². The molecule has 1 aliphatic rings. The Morgan fingerprint density at radius 1 is 1.78 bits per heavy atom. The number of hydrogen-bond donors (Lipinski definition) is 1. The standard InChI is InChI=1S/C6H11NO2/c8-4-6-2-1-3-7(6)5-9/h4,6,9H,1-3,5H2. The summed E-state index contributed by atoms with van der Waals surface area (Å²) in [7, 11) is 0. The van der Waals surface area contributed by atoms with E-state index in [1.54, 1.807) is 4.90 Å². The number of aliphatic hydroxyl groups is 1. The van der Waals surface area contributed by atoms with Gasteiger partial charge >= 0.3 is 0 Å². The lowest BCUT2D eigenvalue weighted by Gasteiger charge is -2.14. The molecule has 52 valence electrons. The Kier molecular flexibility index (Phi) is 2.19. The van der Waals surface area contributed by atoms with Crippen LogP contribution < -0.4 is 0 Å². The second-order valence-corrected chi connectivity index (χ2v) is 2.30. The molecule has 0 bridgehead atoms. The fraction of sp³-hybridized carbons (Fsp3) is 0.833. The number of carbonyl (C=O) groups is 1. The quantitative estimate of drug-likeness (QED) is 0.516. The highest BCUT2D eigenvalue weighted by atomic mass is 16.3. The van der Waals surface area contributed by atoms with Crippen molar-refractivity contribution < 1.29 is 9.90 Å². The van der Waals surface area contributed by atoms with Crippen LogP contribution in [0.4, 0.5) is 0 Å². The van der Waals surface area contributed by atoms with Crippen molar-refractivity contribution in [3.63, 3.8) is 0 Å². The van der Waals surface area contributed by atoms with Gasteiger partial charge in [-0.25, -0.2) is 0 Å². The first-order valence-corrected chi connectivity index (χ1v) is 3.18. The summed E-state index contributed by atoms with van der Waals surface area (Å²) in [6, 6.07) is -0.0185. The minimum atomic E-state index is -0.0185. The monoisotopic (exact) mass is 129 g/mol. The van der Waals surface area contributed by atoms with E-state index in [2.05, 4.69) is 0 Å². The van der Waals surface area contributed by atoms with E-state index in [9.17, 15) is 4.79 Å². The summed E-state index contributed by atoms with van der Waals surface area (Å²) >= 11 is 0. The Balaban J connectivity index is 2.41. The number of rotatable bonds is 2. The summed E-state index contributed by atoms with van der Waals surface area (Å²) in [5.74, 6) is 0. The third-order valence-electron chi connectivity index (χ3n) is 1.75. The molecule has 1 saturated heterocycles. The fourth-order valence-corrected chi connectivity index (χ4v) is 1.18. The average molecular weight is 129 g/mol. The van der Waals surface area contributed by atoms with Gasteiger partial charge in [-0.15, -0.1) is 0 Å². The number of likely N-dealkylation sites (tertiary alicyclic amines) is 1. The molecule has 1 rings (SSSR count). The first-order chi connectivity index (χ1) is 4.38. The van der Waals surface area contributed by atoms with Gasteiger partial charge in [0.25, 0.3) is 0 Å². The molecule has 1 unspecified atom stereocenters. The third kappa shape index (κ3) is 1.28. The van der Waals surface area contributed by atoms with Crippen LogP contribution in [0.15, 0.2) is 0 Å². The molecule has 0 amide bonds. The van der Waals surface area contributed by atoms with E-state index in [1.165, 1.54) is 0 Å². The van der Waals surface area contributed by atoms with Crippen LogP contribution in [0.5, 0.6) is 0 Å². The second kappa shape index (κ2) is 2.94. The van der Waals surface area contributed by atoms with Gasteiger partial charge in [0.05, 0.1) is 12.8 Å². The van der Waals surface area contributed by atoms with Gasteiger partial charge in [-0.1, -0.05) is 0 Å². The molecule has 0 radical (unpaired) electrons. The van der Waals surface area contributed by atoms with E-state index in [-0.39, 0.29) is 12.8 Å². The number of hydrogen-bond acceptors (Lipinski definition) is 3. The maximum atomic E-state index is 10.2. The van der Waals surface area contributed by atoms with E-state index in [4.69, 9.17) is 5.11 Å². The molecule has 1 N–H and O–H groups in total. The minimum absolute atomic E-state index is 0.0173. The first-order valence-electron chi connectivity index (χ1n) is 3.18. The van der Waals surface area contributed by atoms with Crippen LogP contribution in [0.3, 0.4) is 0 Å². The molecule has 0 aliphatic carbocycles. The van der Waals surface area contributed by atoms with Gasteiger partial charge in [-0.05, 0) is 12.8 Å². The van der Waals surface area contributed by atoms with Crippen molar-refractivity contribution in [2.24, 2.45) is 0 Å². The lowest BCUT2D eigenvalue weighted by molar-refractivity contribution is -0.112. The van der Waals surface area contributed by atoms with Gasteiger partial charge in [-0.2, -0.15) is 0 Å². The maximum absolute atomic E-state index is 10.2. The molecular formula is C6H11NO2. The zero-order chi connectivity index (χ0) is 6.69. The van der Waals surface area contributed by atoms with Crippen LogP contribution in [0.25, 0.3) is 0 Å². The summed E-state index contributed by atoms with van der Waals surface area (Å²) in [6.45, 7) is 0.878. The molecule has 0 aromatic rings. The smallest absolute Gasteiger partial charge is 0.137 e. The molecule has 1 aliphatic heterocycles. The molecule has 3 nitrogen and oxygen atoms in total. The average Bonchev–Trinajstić information content (AvgIpc) is 2.33. The zero-order valence-electron chi connectivity index (χ0n) is 5.29. The predicted octanol–water partition coefficient (Wildman–Crippen LogP) is -0.401. The van der Waals surface area contributed by atoms with Gasteiger partial charge < -0.3 is 9.90 Å². The van der Waals surface area contributed by atoms with Crippen LogP contribution in [0.1, 0.15) is 12.8 Å². The highest BCUT2D eigenvalue weighted by molar-refractivity contribution is 5.57. The Morgan fingerprint density at radius 3 is 3.00 bits per heavy atom. The minimum Gasteiger partial charge on any atom is -0.381 e.